The zero-order chi connectivity index (χ0) is 11.1. The molecule has 0 aromatic carbocycles. The fourth-order valence-electron chi connectivity index (χ4n) is 1.23. The number of nitrogens with zero attached hydrogens (tertiary/aromatic N) is 3. The Kier molecular flexibility index (Phi) is 4.60. The van der Waals surface area contributed by atoms with Crippen molar-refractivity contribution in [1.29, 1.82) is 0 Å². The maximum absolute atomic E-state index is 5.75. The van der Waals surface area contributed by atoms with Crippen molar-refractivity contribution in [3.05, 3.63) is 30.1 Å². The highest BCUT2D eigenvalue weighted by molar-refractivity contribution is 5.77. The van der Waals surface area contributed by atoms with Crippen LogP contribution in [0.2, 0.25) is 0 Å². The first kappa shape index (κ1) is 11.5. The third-order valence-electron chi connectivity index (χ3n) is 2.14. The van der Waals surface area contributed by atoms with Crippen LogP contribution in [0.5, 0.6) is 0 Å². The van der Waals surface area contributed by atoms with Crippen molar-refractivity contribution in [1.82, 2.24) is 9.88 Å². The Balaban J connectivity index is 2.41. The van der Waals surface area contributed by atoms with Gasteiger partial charge in [0.05, 0.1) is 0 Å². The second-order valence-corrected chi connectivity index (χ2v) is 3.33. The van der Waals surface area contributed by atoms with E-state index in [1.807, 2.05) is 37.1 Å². The molecule has 0 saturated heterocycles. The normalized spacial score (nSPS) is 11.5. The van der Waals surface area contributed by atoms with Gasteiger partial charge in [-0.2, -0.15) is 0 Å². The van der Waals surface area contributed by atoms with Gasteiger partial charge >= 0.3 is 0 Å². The lowest BCUT2D eigenvalue weighted by atomic mass is 10.2. The molecule has 0 unspecified atom stereocenters. The quantitative estimate of drug-likeness (QED) is 0.588. The van der Waals surface area contributed by atoms with Gasteiger partial charge in [-0.25, -0.2) is 0 Å². The molecule has 82 valence electrons. The van der Waals surface area contributed by atoms with E-state index in [9.17, 15) is 0 Å². The molecule has 1 aromatic rings. The van der Waals surface area contributed by atoms with Crippen LogP contribution < -0.4 is 5.73 Å². The number of aliphatic imine (C=N–C) groups is 1. The number of likely N-dealkylation sites (N-methyl/N-ethyl adjacent to an activating group) is 1. The van der Waals surface area contributed by atoms with Crippen molar-refractivity contribution in [2.45, 2.75) is 13.3 Å². The van der Waals surface area contributed by atoms with Crippen LogP contribution in [-0.2, 0) is 6.42 Å². The lowest BCUT2D eigenvalue weighted by molar-refractivity contribution is 0.497. The first-order valence-electron chi connectivity index (χ1n) is 5.15. The molecule has 1 heterocycles. The van der Waals surface area contributed by atoms with Crippen molar-refractivity contribution >= 4 is 5.96 Å². The number of hydrogen-bond donors (Lipinski definition) is 1. The molecule has 1 rings (SSSR count). The number of hydrogen-bond acceptors (Lipinski definition) is 2. The Morgan fingerprint density at radius 3 is 2.93 bits per heavy atom. The molecule has 4 nitrogen and oxygen atoms in total. The molecule has 0 bridgehead atoms. The van der Waals surface area contributed by atoms with Crippen LogP contribution in [0, 0.1) is 0 Å². The Morgan fingerprint density at radius 2 is 2.33 bits per heavy atom. The van der Waals surface area contributed by atoms with Gasteiger partial charge in [-0.3, -0.25) is 9.98 Å². The third-order valence-corrected chi connectivity index (χ3v) is 2.14. The monoisotopic (exact) mass is 206 g/mol. The van der Waals surface area contributed by atoms with Crippen molar-refractivity contribution in [2.24, 2.45) is 10.7 Å². The highest BCUT2D eigenvalue weighted by Crippen LogP contribution is 1.96. The second kappa shape index (κ2) is 6.01. The molecule has 0 saturated carbocycles. The number of nitrogens with two attached hydrogens (primary N) is 1. The average Bonchev–Trinajstić information content (AvgIpc) is 2.27. The lowest BCUT2D eigenvalue weighted by Crippen LogP contribution is -2.35. The van der Waals surface area contributed by atoms with E-state index in [1.54, 1.807) is 6.20 Å². The molecule has 15 heavy (non-hydrogen) atoms. The molecule has 2 N–H and O–H groups in total. The van der Waals surface area contributed by atoms with Gasteiger partial charge in [0.2, 0.25) is 0 Å². The maximum atomic E-state index is 5.75. The van der Waals surface area contributed by atoms with E-state index in [-0.39, 0.29) is 0 Å². The van der Waals surface area contributed by atoms with E-state index in [0.29, 0.717) is 5.96 Å². The molecule has 0 atom stereocenters. The van der Waals surface area contributed by atoms with Gasteiger partial charge in [-0.15, -0.1) is 0 Å². The molecule has 0 spiro atoms. The Labute approximate surface area is 90.8 Å². The minimum Gasteiger partial charge on any atom is -0.370 e. The Hall–Kier alpha value is -1.58. The zero-order valence-electron chi connectivity index (χ0n) is 9.35. The number of pyridine rings is 1. The molecule has 0 aliphatic heterocycles. The topological polar surface area (TPSA) is 54.5 Å². The van der Waals surface area contributed by atoms with E-state index in [0.717, 1.165) is 25.2 Å². The van der Waals surface area contributed by atoms with Crippen molar-refractivity contribution < 1.29 is 0 Å². The molecule has 0 aliphatic rings. The molecule has 0 amide bonds. The fraction of sp³-hybridized carbons (Fsp3) is 0.455. The van der Waals surface area contributed by atoms with Crippen molar-refractivity contribution in [2.75, 3.05) is 20.1 Å². The third kappa shape index (κ3) is 3.97. The summed E-state index contributed by atoms with van der Waals surface area (Å²) in [6, 6.07) is 5.92. The lowest BCUT2D eigenvalue weighted by Gasteiger charge is -2.17. The molecule has 0 fully saturated rings. The fourth-order valence-corrected chi connectivity index (χ4v) is 1.23. The van der Waals surface area contributed by atoms with Gasteiger partial charge in [-0.05, 0) is 19.1 Å². The predicted molar refractivity (Wildman–Crippen MR) is 62.7 cm³/mol. The van der Waals surface area contributed by atoms with Crippen LogP contribution >= 0.6 is 0 Å². The highest BCUT2D eigenvalue weighted by Gasteiger charge is 2.01. The van der Waals surface area contributed by atoms with Gasteiger partial charge in [0.25, 0.3) is 0 Å². The minimum atomic E-state index is 0.591. The summed E-state index contributed by atoms with van der Waals surface area (Å²) in [5, 5.41) is 0. The van der Waals surface area contributed by atoms with Gasteiger partial charge in [0.1, 0.15) is 0 Å². The van der Waals surface area contributed by atoms with E-state index < -0.39 is 0 Å². The van der Waals surface area contributed by atoms with E-state index >= 15 is 0 Å². The van der Waals surface area contributed by atoms with E-state index in [1.165, 1.54) is 0 Å². The molecular formula is C11H18N4. The van der Waals surface area contributed by atoms with Gasteiger partial charge in [-0.1, -0.05) is 6.07 Å². The van der Waals surface area contributed by atoms with Crippen molar-refractivity contribution in [3.8, 4) is 0 Å². The SMILES string of the molecule is CCN=C(N)N(C)CCc1ccccn1. The molecule has 1 aromatic heterocycles. The molecule has 0 radical (unpaired) electrons. The van der Waals surface area contributed by atoms with Crippen LogP contribution in [0.25, 0.3) is 0 Å². The number of aromatic nitrogens is 1. The molecule has 0 aliphatic carbocycles. The van der Waals surface area contributed by atoms with E-state index in [2.05, 4.69) is 9.98 Å². The molecule has 4 heteroatoms. The largest absolute Gasteiger partial charge is 0.370 e. The minimum absolute atomic E-state index is 0.591. The average molecular weight is 206 g/mol. The van der Waals surface area contributed by atoms with Crippen LogP contribution in [0.1, 0.15) is 12.6 Å². The Bertz CT molecular complexity index is 308. The summed E-state index contributed by atoms with van der Waals surface area (Å²) in [4.78, 5) is 10.3. The first-order chi connectivity index (χ1) is 7.24. The van der Waals surface area contributed by atoms with Crippen LogP contribution in [-0.4, -0.2) is 36.0 Å². The standard InChI is InChI=1S/C11H18N4/c1-3-13-11(12)15(2)9-7-10-6-4-5-8-14-10/h4-6,8H,3,7,9H2,1-2H3,(H2,12,13). The summed E-state index contributed by atoms with van der Waals surface area (Å²) in [5.74, 6) is 0.591. The smallest absolute Gasteiger partial charge is 0.190 e. The first-order valence-corrected chi connectivity index (χ1v) is 5.15. The predicted octanol–water partition coefficient (Wildman–Crippen LogP) is 0.890. The summed E-state index contributed by atoms with van der Waals surface area (Å²) in [6.07, 6.45) is 2.69. The number of rotatable bonds is 4. The Morgan fingerprint density at radius 1 is 1.53 bits per heavy atom. The highest BCUT2D eigenvalue weighted by atomic mass is 15.2. The van der Waals surface area contributed by atoms with Crippen LogP contribution in [0.15, 0.2) is 29.4 Å². The van der Waals surface area contributed by atoms with E-state index in [4.69, 9.17) is 5.73 Å². The van der Waals surface area contributed by atoms with Gasteiger partial charge in [0.15, 0.2) is 5.96 Å². The maximum Gasteiger partial charge on any atom is 0.190 e. The van der Waals surface area contributed by atoms with Gasteiger partial charge < -0.3 is 10.6 Å². The van der Waals surface area contributed by atoms with Crippen LogP contribution in [0.4, 0.5) is 0 Å². The zero-order valence-corrected chi connectivity index (χ0v) is 9.35. The summed E-state index contributed by atoms with van der Waals surface area (Å²) < 4.78 is 0. The van der Waals surface area contributed by atoms with Gasteiger partial charge in [0, 0.05) is 38.4 Å². The second-order valence-electron chi connectivity index (χ2n) is 3.33. The summed E-state index contributed by atoms with van der Waals surface area (Å²) in [7, 11) is 1.94. The van der Waals surface area contributed by atoms with Crippen LogP contribution in [0.3, 0.4) is 0 Å². The summed E-state index contributed by atoms with van der Waals surface area (Å²) in [6.45, 7) is 3.53. The summed E-state index contributed by atoms with van der Waals surface area (Å²) >= 11 is 0. The molecular weight excluding hydrogens is 188 g/mol. The summed E-state index contributed by atoms with van der Waals surface area (Å²) in [5.41, 5.74) is 6.82. The van der Waals surface area contributed by atoms with Crippen molar-refractivity contribution in [3.63, 3.8) is 0 Å². The number of guanidine groups is 1.